The Kier molecular flexibility index (Phi) is 8.49. The summed E-state index contributed by atoms with van der Waals surface area (Å²) < 4.78 is 5.27. The number of hydrogen-bond acceptors (Lipinski definition) is 4. The van der Waals surface area contributed by atoms with Crippen molar-refractivity contribution in [1.82, 2.24) is 10.6 Å². The smallest absolute Gasteiger partial charge is 0.408 e. The molecular weight excluding hydrogens is 402 g/mol. The molecule has 6 nitrogen and oxygen atoms in total. The van der Waals surface area contributed by atoms with Crippen LogP contribution in [0.4, 0.5) is 10.5 Å². The van der Waals surface area contributed by atoms with Gasteiger partial charge < -0.3 is 20.7 Å². The summed E-state index contributed by atoms with van der Waals surface area (Å²) in [4.78, 5) is 24.9. The zero-order chi connectivity index (χ0) is 22.8. The maximum absolute atomic E-state index is 12.7. The van der Waals surface area contributed by atoms with Gasteiger partial charge in [0.15, 0.2) is 0 Å². The van der Waals surface area contributed by atoms with Crippen LogP contribution in [0.5, 0.6) is 0 Å². The highest BCUT2D eigenvalue weighted by Crippen LogP contribution is 2.22. The number of anilines is 1. The van der Waals surface area contributed by atoms with Crippen LogP contribution in [0.15, 0.2) is 72.8 Å². The molecule has 6 heteroatoms. The maximum atomic E-state index is 12.7. The first-order chi connectivity index (χ1) is 15.5. The van der Waals surface area contributed by atoms with Crippen molar-refractivity contribution < 1.29 is 14.3 Å². The average Bonchev–Trinajstić information content (AvgIpc) is 2.80. The lowest BCUT2D eigenvalue weighted by atomic mass is 10.0. The molecule has 168 valence electrons. The molecule has 0 heterocycles. The summed E-state index contributed by atoms with van der Waals surface area (Å²) in [7, 11) is 0. The molecule has 3 rings (SSSR count). The third-order valence-electron chi connectivity index (χ3n) is 5.06. The monoisotopic (exact) mass is 433 g/mol. The molecular formula is C26H31N3O3. The van der Waals surface area contributed by atoms with Gasteiger partial charge in [0.1, 0.15) is 12.6 Å². The molecule has 2 amide bonds. The quantitative estimate of drug-likeness (QED) is 0.405. The Morgan fingerprint density at radius 1 is 0.875 bits per heavy atom. The van der Waals surface area contributed by atoms with Gasteiger partial charge in [-0.25, -0.2) is 4.79 Å². The first-order valence-electron chi connectivity index (χ1n) is 11.0. The summed E-state index contributed by atoms with van der Waals surface area (Å²) in [5.41, 5.74) is 1.92. The van der Waals surface area contributed by atoms with Crippen LogP contribution in [-0.4, -0.2) is 31.1 Å². The second kappa shape index (κ2) is 11.7. The van der Waals surface area contributed by atoms with E-state index in [-0.39, 0.29) is 18.4 Å². The van der Waals surface area contributed by atoms with E-state index in [2.05, 4.69) is 34.1 Å². The molecule has 1 unspecified atom stereocenters. The van der Waals surface area contributed by atoms with Gasteiger partial charge in [-0.3, -0.25) is 4.79 Å². The molecule has 0 aliphatic rings. The minimum atomic E-state index is -0.643. The molecule has 3 N–H and O–H groups in total. The van der Waals surface area contributed by atoms with Crippen molar-refractivity contribution in [2.45, 2.75) is 32.9 Å². The van der Waals surface area contributed by atoms with Gasteiger partial charge in [-0.1, -0.05) is 80.6 Å². The molecule has 0 aromatic heterocycles. The van der Waals surface area contributed by atoms with Crippen molar-refractivity contribution in [3.63, 3.8) is 0 Å². The zero-order valence-corrected chi connectivity index (χ0v) is 18.6. The number of hydrogen-bond donors (Lipinski definition) is 3. The van der Waals surface area contributed by atoms with E-state index in [1.54, 1.807) is 0 Å². The molecule has 0 bridgehead atoms. The third kappa shape index (κ3) is 7.01. The summed E-state index contributed by atoms with van der Waals surface area (Å²) in [6, 6.07) is 23.1. The standard InChI is InChI=1S/C26H31N3O3/c1-19(2)17-24(29-26(31)32-18-20-9-4-3-5-10-20)25(30)28-16-15-27-23-14-8-12-21-11-6-7-13-22(21)23/h3-14,19,24,27H,15-18H2,1-2H3,(H,28,30)(H,29,31). The molecule has 3 aromatic carbocycles. The number of fused-ring (bicyclic) bond motifs is 1. The van der Waals surface area contributed by atoms with Gasteiger partial charge in [0.25, 0.3) is 0 Å². The van der Waals surface area contributed by atoms with Gasteiger partial charge in [0.2, 0.25) is 5.91 Å². The minimum absolute atomic E-state index is 0.164. The van der Waals surface area contributed by atoms with Gasteiger partial charge in [-0.15, -0.1) is 0 Å². The number of carbonyl (C=O) groups is 2. The lowest BCUT2D eigenvalue weighted by Crippen LogP contribution is -2.48. The van der Waals surface area contributed by atoms with Crippen LogP contribution in [0.25, 0.3) is 10.8 Å². The topological polar surface area (TPSA) is 79.5 Å². The van der Waals surface area contributed by atoms with E-state index in [0.29, 0.717) is 19.5 Å². The summed E-state index contributed by atoms with van der Waals surface area (Å²) in [6.07, 6.45) is -0.0632. The molecule has 32 heavy (non-hydrogen) atoms. The number of carbonyl (C=O) groups excluding carboxylic acids is 2. The van der Waals surface area contributed by atoms with Crippen molar-refractivity contribution in [1.29, 1.82) is 0 Å². The fraction of sp³-hybridized carbons (Fsp3) is 0.308. The number of benzene rings is 3. The molecule has 0 fully saturated rings. The third-order valence-corrected chi connectivity index (χ3v) is 5.06. The van der Waals surface area contributed by atoms with E-state index in [1.165, 1.54) is 0 Å². The van der Waals surface area contributed by atoms with Crippen LogP contribution in [-0.2, 0) is 16.1 Å². The fourth-order valence-corrected chi connectivity index (χ4v) is 3.50. The lowest BCUT2D eigenvalue weighted by molar-refractivity contribution is -0.123. The van der Waals surface area contributed by atoms with Crippen LogP contribution in [0.1, 0.15) is 25.8 Å². The van der Waals surface area contributed by atoms with Crippen molar-refractivity contribution in [3.8, 4) is 0 Å². The highest BCUT2D eigenvalue weighted by molar-refractivity contribution is 5.93. The number of rotatable bonds is 10. The van der Waals surface area contributed by atoms with E-state index >= 15 is 0 Å². The van der Waals surface area contributed by atoms with Gasteiger partial charge in [-0.2, -0.15) is 0 Å². The molecule has 3 aromatic rings. The van der Waals surface area contributed by atoms with Gasteiger partial charge in [0.05, 0.1) is 0 Å². The minimum Gasteiger partial charge on any atom is -0.445 e. The van der Waals surface area contributed by atoms with E-state index < -0.39 is 12.1 Å². The molecule has 1 atom stereocenters. The fourth-order valence-electron chi connectivity index (χ4n) is 3.50. The Morgan fingerprint density at radius 3 is 2.38 bits per heavy atom. The van der Waals surface area contributed by atoms with Crippen molar-refractivity contribution in [2.24, 2.45) is 5.92 Å². The van der Waals surface area contributed by atoms with Gasteiger partial charge in [0, 0.05) is 24.2 Å². The second-order valence-corrected chi connectivity index (χ2v) is 8.13. The first-order valence-corrected chi connectivity index (χ1v) is 11.0. The number of amides is 2. The highest BCUT2D eigenvalue weighted by Gasteiger charge is 2.22. The lowest BCUT2D eigenvalue weighted by Gasteiger charge is -2.20. The second-order valence-electron chi connectivity index (χ2n) is 8.13. The maximum Gasteiger partial charge on any atom is 0.408 e. The van der Waals surface area contributed by atoms with Crippen LogP contribution < -0.4 is 16.0 Å². The molecule has 0 aliphatic carbocycles. The summed E-state index contributed by atoms with van der Waals surface area (Å²) in [6.45, 7) is 5.21. The number of alkyl carbamates (subject to hydrolysis) is 1. The van der Waals surface area contributed by atoms with Crippen molar-refractivity contribution >= 4 is 28.5 Å². The van der Waals surface area contributed by atoms with E-state index in [0.717, 1.165) is 22.0 Å². The predicted molar refractivity (Wildman–Crippen MR) is 128 cm³/mol. The van der Waals surface area contributed by atoms with Crippen LogP contribution in [0.3, 0.4) is 0 Å². The summed E-state index contributed by atoms with van der Waals surface area (Å²) in [5, 5.41) is 11.3. The largest absolute Gasteiger partial charge is 0.445 e. The summed E-state index contributed by atoms with van der Waals surface area (Å²) >= 11 is 0. The van der Waals surface area contributed by atoms with E-state index in [9.17, 15) is 9.59 Å². The van der Waals surface area contributed by atoms with Crippen molar-refractivity contribution in [2.75, 3.05) is 18.4 Å². The highest BCUT2D eigenvalue weighted by atomic mass is 16.5. The van der Waals surface area contributed by atoms with Crippen LogP contribution in [0.2, 0.25) is 0 Å². The Balaban J connectivity index is 1.47. The van der Waals surface area contributed by atoms with Gasteiger partial charge >= 0.3 is 6.09 Å². The normalized spacial score (nSPS) is 11.7. The Hall–Kier alpha value is -3.54. The summed E-state index contributed by atoms with van der Waals surface area (Å²) in [5.74, 6) is 0.0315. The number of ether oxygens (including phenoxy) is 1. The molecule has 0 saturated carbocycles. The first kappa shape index (κ1) is 23.1. The average molecular weight is 434 g/mol. The SMILES string of the molecule is CC(C)CC(NC(=O)OCc1ccccc1)C(=O)NCCNc1cccc2ccccc12. The van der Waals surface area contributed by atoms with Gasteiger partial charge in [-0.05, 0) is 29.4 Å². The van der Waals surface area contributed by atoms with Crippen LogP contribution in [0, 0.1) is 5.92 Å². The molecule has 0 spiro atoms. The van der Waals surface area contributed by atoms with Crippen LogP contribution >= 0.6 is 0 Å². The molecule has 0 aliphatic heterocycles. The Labute approximate surface area is 189 Å². The Bertz CT molecular complexity index is 1020. The van der Waals surface area contributed by atoms with E-state index in [1.807, 2.05) is 68.4 Å². The van der Waals surface area contributed by atoms with E-state index in [4.69, 9.17) is 4.74 Å². The number of nitrogens with one attached hydrogen (secondary N) is 3. The Morgan fingerprint density at radius 2 is 1.59 bits per heavy atom. The molecule has 0 radical (unpaired) electrons. The predicted octanol–water partition coefficient (Wildman–Crippen LogP) is 4.71. The molecule has 0 saturated heterocycles. The zero-order valence-electron chi connectivity index (χ0n) is 18.6. The van der Waals surface area contributed by atoms with Crippen molar-refractivity contribution in [3.05, 3.63) is 78.4 Å².